The van der Waals surface area contributed by atoms with Crippen LogP contribution in [0.1, 0.15) is 36.6 Å². The maximum absolute atomic E-state index is 13.0. The van der Waals surface area contributed by atoms with Crippen molar-refractivity contribution < 1.29 is 9.18 Å². The number of carbonyl (C=O) groups is 1. The minimum absolute atomic E-state index is 0.142. The van der Waals surface area contributed by atoms with Crippen LogP contribution in [0.4, 0.5) is 4.39 Å². The molecule has 1 aliphatic rings. The summed E-state index contributed by atoms with van der Waals surface area (Å²) in [6, 6.07) is 3.93. The number of rotatable bonds is 2. The maximum atomic E-state index is 13.0. The van der Waals surface area contributed by atoms with Crippen LogP contribution >= 0.6 is 23.2 Å². The van der Waals surface area contributed by atoms with Crippen LogP contribution in [0.15, 0.2) is 18.2 Å². The average Bonchev–Trinajstić information content (AvgIpc) is 2.66. The molecule has 104 valence electrons. The second-order valence-electron chi connectivity index (χ2n) is 4.77. The molecule has 1 heterocycles. The van der Waals surface area contributed by atoms with Gasteiger partial charge in [0.1, 0.15) is 11.2 Å². The first-order valence-corrected chi connectivity index (χ1v) is 7.29. The fourth-order valence-electron chi connectivity index (χ4n) is 2.29. The summed E-state index contributed by atoms with van der Waals surface area (Å²) in [5.41, 5.74) is 0.471. The minimum atomic E-state index is -0.841. The molecule has 19 heavy (non-hydrogen) atoms. The first kappa shape index (κ1) is 14.6. The van der Waals surface area contributed by atoms with E-state index in [0.717, 1.165) is 38.8 Å². The number of benzene rings is 1. The zero-order valence-corrected chi connectivity index (χ0v) is 12.1. The van der Waals surface area contributed by atoms with Gasteiger partial charge in [0.2, 0.25) is 5.91 Å². The molecule has 1 atom stereocenters. The molecule has 0 radical (unpaired) electrons. The Morgan fingerprint density at radius 2 is 1.84 bits per heavy atom. The van der Waals surface area contributed by atoms with Gasteiger partial charge >= 0.3 is 0 Å². The quantitative estimate of drug-likeness (QED) is 0.751. The molecule has 1 aromatic carbocycles. The van der Waals surface area contributed by atoms with Crippen molar-refractivity contribution in [2.75, 3.05) is 13.1 Å². The van der Waals surface area contributed by atoms with E-state index in [9.17, 15) is 9.18 Å². The molecule has 0 aliphatic carbocycles. The van der Waals surface area contributed by atoms with Crippen LogP contribution < -0.4 is 0 Å². The molecule has 1 aliphatic heterocycles. The Morgan fingerprint density at radius 3 is 2.42 bits per heavy atom. The topological polar surface area (TPSA) is 20.3 Å². The Labute approximate surface area is 122 Å². The van der Waals surface area contributed by atoms with Crippen molar-refractivity contribution in [3.63, 3.8) is 0 Å². The zero-order valence-electron chi connectivity index (χ0n) is 10.5. The predicted molar refractivity (Wildman–Crippen MR) is 75.1 cm³/mol. The highest BCUT2D eigenvalue weighted by Gasteiger charge is 2.26. The van der Waals surface area contributed by atoms with Crippen LogP contribution in [0.5, 0.6) is 0 Å². The van der Waals surface area contributed by atoms with Crippen molar-refractivity contribution in [1.82, 2.24) is 4.90 Å². The van der Waals surface area contributed by atoms with Crippen LogP contribution in [0.2, 0.25) is 5.02 Å². The molecule has 1 amide bonds. The summed E-state index contributed by atoms with van der Waals surface area (Å²) in [4.78, 5) is 14.1. The molecule has 1 unspecified atom stereocenters. The third kappa shape index (κ3) is 3.61. The normalized spacial score (nSPS) is 17.9. The molecule has 0 spiro atoms. The van der Waals surface area contributed by atoms with E-state index >= 15 is 0 Å². The van der Waals surface area contributed by atoms with Gasteiger partial charge in [-0.1, -0.05) is 30.5 Å². The van der Waals surface area contributed by atoms with Crippen LogP contribution in [0, 0.1) is 5.82 Å². The lowest BCUT2D eigenvalue weighted by molar-refractivity contribution is -0.130. The van der Waals surface area contributed by atoms with Crippen LogP contribution in [-0.2, 0) is 4.79 Å². The first-order valence-electron chi connectivity index (χ1n) is 6.47. The van der Waals surface area contributed by atoms with Gasteiger partial charge in [0.25, 0.3) is 0 Å². The first-order chi connectivity index (χ1) is 9.09. The maximum Gasteiger partial charge on any atom is 0.245 e. The second kappa shape index (κ2) is 6.58. The fraction of sp³-hybridized carbons (Fsp3) is 0.500. The van der Waals surface area contributed by atoms with Gasteiger partial charge in [-0.05, 0) is 30.5 Å². The summed E-state index contributed by atoms with van der Waals surface area (Å²) in [6.07, 6.45) is 4.31. The third-order valence-corrected chi connectivity index (χ3v) is 4.12. The Hall–Kier alpha value is -0.800. The fourth-order valence-corrected chi connectivity index (χ4v) is 2.95. The van der Waals surface area contributed by atoms with E-state index in [4.69, 9.17) is 23.2 Å². The Bertz CT molecular complexity index is 459. The lowest BCUT2D eigenvalue weighted by Gasteiger charge is -2.23. The van der Waals surface area contributed by atoms with E-state index in [2.05, 4.69) is 0 Å². The number of hydrogen-bond donors (Lipinski definition) is 0. The van der Waals surface area contributed by atoms with Crippen LogP contribution in [-0.4, -0.2) is 23.9 Å². The van der Waals surface area contributed by atoms with Gasteiger partial charge in [-0.2, -0.15) is 0 Å². The van der Waals surface area contributed by atoms with E-state index in [1.54, 1.807) is 4.90 Å². The number of hydrogen-bond acceptors (Lipinski definition) is 1. The number of alkyl halides is 1. The molecule has 1 aromatic rings. The summed E-state index contributed by atoms with van der Waals surface area (Å²) in [5.74, 6) is -0.572. The standard InChI is InChI=1S/C14H16Cl2FNO/c15-12-9-10(17)5-6-11(12)13(16)14(19)18-7-3-1-2-4-8-18/h5-6,9,13H,1-4,7-8H2. The van der Waals surface area contributed by atoms with Gasteiger partial charge in [0, 0.05) is 18.1 Å². The van der Waals surface area contributed by atoms with Crippen molar-refractivity contribution in [1.29, 1.82) is 0 Å². The molecule has 2 nitrogen and oxygen atoms in total. The summed E-state index contributed by atoms with van der Waals surface area (Å²) in [7, 11) is 0. The molecule has 0 N–H and O–H groups in total. The number of carbonyl (C=O) groups excluding carboxylic acids is 1. The Kier molecular flexibility index (Phi) is 5.06. The molecule has 1 fully saturated rings. The van der Waals surface area contributed by atoms with E-state index < -0.39 is 11.2 Å². The highest BCUT2D eigenvalue weighted by molar-refractivity contribution is 6.35. The molecular weight excluding hydrogens is 288 g/mol. The average molecular weight is 304 g/mol. The number of halogens is 3. The van der Waals surface area contributed by atoms with E-state index in [-0.39, 0.29) is 10.9 Å². The van der Waals surface area contributed by atoms with E-state index in [1.165, 1.54) is 18.2 Å². The molecule has 1 saturated heterocycles. The summed E-state index contributed by atoms with van der Waals surface area (Å²) < 4.78 is 13.0. The molecular formula is C14H16Cl2FNO. The van der Waals surface area contributed by atoms with Gasteiger partial charge in [-0.25, -0.2) is 4.39 Å². The summed E-state index contributed by atoms with van der Waals surface area (Å²) in [6.45, 7) is 1.47. The van der Waals surface area contributed by atoms with Crippen molar-refractivity contribution in [3.05, 3.63) is 34.6 Å². The summed E-state index contributed by atoms with van der Waals surface area (Å²) >= 11 is 12.1. The van der Waals surface area contributed by atoms with Crippen molar-refractivity contribution in [3.8, 4) is 0 Å². The van der Waals surface area contributed by atoms with Crippen LogP contribution in [0.25, 0.3) is 0 Å². The molecule has 0 bridgehead atoms. The highest BCUT2D eigenvalue weighted by Crippen LogP contribution is 2.30. The molecule has 5 heteroatoms. The Morgan fingerprint density at radius 1 is 1.21 bits per heavy atom. The highest BCUT2D eigenvalue weighted by atomic mass is 35.5. The van der Waals surface area contributed by atoms with Crippen LogP contribution in [0.3, 0.4) is 0 Å². The lowest BCUT2D eigenvalue weighted by atomic mass is 10.1. The van der Waals surface area contributed by atoms with Gasteiger partial charge in [0.05, 0.1) is 0 Å². The van der Waals surface area contributed by atoms with Crippen molar-refractivity contribution in [2.45, 2.75) is 31.1 Å². The van der Waals surface area contributed by atoms with Crippen molar-refractivity contribution in [2.24, 2.45) is 0 Å². The van der Waals surface area contributed by atoms with E-state index in [0.29, 0.717) is 5.56 Å². The minimum Gasteiger partial charge on any atom is -0.341 e. The van der Waals surface area contributed by atoms with Gasteiger partial charge in [-0.15, -0.1) is 11.6 Å². The van der Waals surface area contributed by atoms with Gasteiger partial charge in [0.15, 0.2) is 0 Å². The second-order valence-corrected chi connectivity index (χ2v) is 5.61. The SMILES string of the molecule is O=C(C(Cl)c1ccc(F)cc1Cl)N1CCCCCC1. The van der Waals surface area contributed by atoms with Crippen molar-refractivity contribution >= 4 is 29.1 Å². The van der Waals surface area contributed by atoms with E-state index in [1.807, 2.05) is 0 Å². The number of nitrogens with zero attached hydrogens (tertiary/aromatic N) is 1. The molecule has 2 rings (SSSR count). The largest absolute Gasteiger partial charge is 0.341 e. The molecule has 0 saturated carbocycles. The van der Waals surface area contributed by atoms with Gasteiger partial charge in [-0.3, -0.25) is 4.79 Å². The number of amides is 1. The van der Waals surface area contributed by atoms with Gasteiger partial charge < -0.3 is 4.90 Å². The predicted octanol–water partition coefficient (Wildman–Crippen LogP) is 4.16. The molecule has 0 aromatic heterocycles. The summed E-state index contributed by atoms with van der Waals surface area (Å²) in [5, 5.41) is -0.644. The Balaban J connectivity index is 2.13. The monoisotopic (exact) mass is 303 g/mol. The lowest BCUT2D eigenvalue weighted by Crippen LogP contribution is -2.34. The third-order valence-electron chi connectivity index (χ3n) is 3.37. The number of likely N-dealkylation sites (tertiary alicyclic amines) is 1. The smallest absolute Gasteiger partial charge is 0.245 e. The zero-order chi connectivity index (χ0) is 13.8.